The summed E-state index contributed by atoms with van der Waals surface area (Å²) in [6.07, 6.45) is 0. The van der Waals surface area contributed by atoms with Crippen LogP contribution in [0.25, 0.3) is 0 Å². The highest BCUT2D eigenvalue weighted by Gasteiger charge is 2.55. The summed E-state index contributed by atoms with van der Waals surface area (Å²) in [7, 11) is 0. The van der Waals surface area contributed by atoms with Gasteiger partial charge in [0.25, 0.3) is 0 Å². The van der Waals surface area contributed by atoms with Crippen molar-refractivity contribution >= 4 is 11.8 Å². The maximum Gasteiger partial charge on any atom is 0.231 e. The lowest BCUT2D eigenvalue weighted by atomic mass is 10.1. The van der Waals surface area contributed by atoms with Gasteiger partial charge in [0, 0.05) is 11.1 Å². The minimum absolute atomic E-state index is 0.107. The summed E-state index contributed by atoms with van der Waals surface area (Å²) in [5.41, 5.74) is 3.49. The second kappa shape index (κ2) is 10.1. The van der Waals surface area contributed by atoms with Crippen LogP contribution < -0.4 is 9.80 Å². The lowest BCUT2D eigenvalue weighted by Gasteiger charge is -2.33. The number of quaternary nitrogens is 2. The van der Waals surface area contributed by atoms with Gasteiger partial charge in [-0.25, -0.2) is 0 Å². The van der Waals surface area contributed by atoms with Crippen LogP contribution in [0.3, 0.4) is 0 Å². The molecule has 5 rings (SSSR count). The summed E-state index contributed by atoms with van der Waals surface area (Å²) in [5.74, 6) is -0.401. The predicted octanol–water partition coefficient (Wildman–Crippen LogP) is -0.357. The van der Waals surface area contributed by atoms with Gasteiger partial charge in [0.05, 0.1) is 64.2 Å². The molecule has 1 saturated carbocycles. The van der Waals surface area contributed by atoms with Gasteiger partial charge >= 0.3 is 0 Å². The molecule has 2 aromatic carbocycles. The van der Waals surface area contributed by atoms with Gasteiger partial charge in [-0.1, -0.05) is 72.8 Å². The fourth-order valence-corrected chi connectivity index (χ4v) is 5.52. The van der Waals surface area contributed by atoms with Gasteiger partial charge in [0.1, 0.15) is 13.1 Å². The minimum atomic E-state index is -0.308. The fourth-order valence-electron chi connectivity index (χ4n) is 5.52. The number of piperazine rings is 2. The van der Waals surface area contributed by atoms with E-state index >= 15 is 0 Å². The van der Waals surface area contributed by atoms with Crippen LogP contribution in [0.5, 0.6) is 0 Å². The first kappa shape index (κ1) is 22.8. The molecule has 0 spiro atoms. The van der Waals surface area contributed by atoms with Crippen molar-refractivity contribution in [3.8, 4) is 0 Å². The smallest absolute Gasteiger partial charge is 0.231 e. The Morgan fingerprint density at radius 3 is 1.38 bits per heavy atom. The van der Waals surface area contributed by atoms with Crippen LogP contribution in [0, 0.1) is 11.8 Å². The molecule has 3 aliphatic rings. The van der Waals surface area contributed by atoms with E-state index in [1.54, 1.807) is 0 Å². The zero-order valence-electron chi connectivity index (χ0n) is 19.9. The van der Waals surface area contributed by atoms with Crippen molar-refractivity contribution < 1.29 is 19.4 Å². The van der Waals surface area contributed by atoms with E-state index < -0.39 is 0 Å². The van der Waals surface area contributed by atoms with Crippen LogP contribution in [-0.2, 0) is 22.7 Å². The summed E-state index contributed by atoms with van der Waals surface area (Å²) in [4.78, 5) is 33.3. The van der Waals surface area contributed by atoms with E-state index in [1.807, 2.05) is 21.9 Å². The lowest BCUT2D eigenvalue weighted by Crippen LogP contribution is -3.13. The molecule has 2 aliphatic heterocycles. The number of nitrogens with zero attached hydrogens (tertiary/aromatic N) is 2. The van der Waals surface area contributed by atoms with Crippen LogP contribution in [0.4, 0.5) is 0 Å². The Balaban J connectivity index is 1.08. The Morgan fingerprint density at radius 2 is 1.03 bits per heavy atom. The van der Waals surface area contributed by atoms with Crippen molar-refractivity contribution in [3.05, 3.63) is 83.9 Å². The number of carbonyl (C=O) groups is 2. The first-order valence-corrected chi connectivity index (χ1v) is 12.6. The third kappa shape index (κ3) is 5.08. The molecule has 3 fully saturated rings. The Kier molecular flexibility index (Phi) is 6.79. The minimum Gasteiger partial charge on any atom is -0.331 e. The van der Waals surface area contributed by atoms with Crippen LogP contribution in [-0.4, -0.2) is 74.0 Å². The average Bonchev–Trinajstić information content (AvgIpc) is 3.56. The summed E-state index contributed by atoms with van der Waals surface area (Å²) in [6.45, 7) is 12.9. The number of hydrogen-bond acceptors (Lipinski definition) is 2. The molecule has 0 radical (unpaired) electrons. The van der Waals surface area contributed by atoms with E-state index in [9.17, 15) is 9.59 Å². The number of amides is 2. The van der Waals surface area contributed by atoms with Gasteiger partial charge in [-0.15, -0.1) is 0 Å². The Morgan fingerprint density at radius 1 is 0.676 bits per heavy atom. The molecule has 0 aromatic heterocycles. The van der Waals surface area contributed by atoms with Gasteiger partial charge in [0.15, 0.2) is 0 Å². The molecule has 1 aliphatic carbocycles. The van der Waals surface area contributed by atoms with Gasteiger partial charge < -0.3 is 19.6 Å². The van der Waals surface area contributed by atoms with Gasteiger partial charge in [0.2, 0.25) is 11.8 Å². The highest BCUT2D eigenvalue weighted by Crippen LogP contribution is 2.46. The molecule has 2 atom stereocenters. The second-order valence-corrected chi connectivity index (χ2v) is 10.0. The largest absolute Gasteiger partial charge is 0.331 e. The quantitative estimate of drug-likeness (QED) is 0.579. The van der Waals surface area contributed by atoms with Crippen molar-refractivity contribution in [1.29, 1.82) is 0 Å². The summed E-state index contributed by atoms with van der Waals surface area (Å²) in [6, 6.07) is 21.1. The van der Waals surface area contributed by atoms with Gasteiger partial charge in [-0.3, -0.25) is 9.59 Å². The van der Waals surface area contributed by atoms with E-state index in [2.05, 4.69) is 55.1 Å². The number of nitrogens with one attached hydrogen (secondary N) is 2. The zero-order valence-corrected chi connectivity index (χ0v) is 19.9. The van der Waals surface area contributed by atoms with Crippen molar-refractivity contribution in [1.82, 2.24) is 9.80 Å². The standard InChI is InChI=1S/C28H34N4O2/c1-22-25(27(33)31-16-12-29(13-17-31)20-23-8-4-2-5-9-23)26(22)28(34)32-18-14-30(15-19-32)21-24-10-6-3-7-11-24/h2-11,25-26H,1,12-21H2/p+2/t25-,26+. The first-order valence-electron chi connectivity index (χ1n) is 12.6. The molecule has 6 nitrogen and oxygen atoms in total. The van der Waals surface area contributed by atoms with E-state index in [0.29, 0.717) is 0 Å². The van der Waals surface area contributed by atoms with Crippen LogP contribution >= 0.6 is 0 Å². The SMILES string of the molecule is C=C1[C@H](C(=O)N2CC[NH+](Cc3ccccc3)CC2)[C@@H]1C(=O)N1CC[NH+](Cc2ccccc2)CC1. The van der Waals surface area contributed by atoms with Crippen molar-refractivity contribution in [2.45, 2.75) is 13.1 Å². The Bertz CT molecular complexity index is 928. The summed E-state index contributed by atoms with van der Waals surface area (Å²) >= 11 is 0. The summed E-state index contributed by atoms with van der Waals surface area (Å²) < 4.78 is 0. The van der Waals surface area contributed by atoms with Gasteiger partial charge in [-0.2, -0.15) is 0 Å². The topological polar surface area (TPSA) is 49.5 Å². The van der Waals surface area contributed by atoms with Gasteiger partial charge in [-0.05, 0) is 0 Å². The molecule has 2 heterocycles. The molecular formula is C28H36N4O2+2. The van der Waals surface area contributed by atoms with Crippen molar-refractivity contribution in [3.63, 3.8) is 0 Å². The Labute approximate surface area is 202 Å². The molecule has 2 aromatic rings. The Hall–Kier alpha value is -2.96. The molecule has 178 valence electrons. The number of rotatable bonds is 6. The maximum absolute atomic E-state index is 13.2. The number of carbonyl (C=O) groups excluding carboxylic acids is 2. The van der Waals surface area contributed by atoms with E-state index in [0.717, 1.165) is 71.0 Å². The van der Waals surface area contributed by atoms with Crippen LogP contribution in [0.1, 0.15) is 11.1 Å². The zero-order chi connectivity index (χ0) is 23.5. The molecule has 2 saturated heterocycles. The fraction of sp³-hybridized carbons (Fsp3) is 0.429. The molecule has 0 bridgehead atoms. The third-order valence-corrected chi connectivity index (χ3v) is 7.71. The first-order chi connectivity index (χ1) is 16.6. The molecule has 2 amide bonds. The molecule has 34 heavy (non-hydrogen) atoms. The average molecular weight is 461 g/mol. The molecule has 6 heteroatoms. The molecule has 0 unspecified atom stereocenters. The van der Waals surface area contributed by atoms with E-state index in [-0.39, 0.29) is 23.7 Å². The monoisotopic (exact) mass is 460 g/mol. The third-order valence-electron chi connectivity index (χ3n) is 7.71. The highest BCUT2D eigenvalue weighted by molar-refractivity contribution is 5.99. The maximum atomic E-state index is 13.2. The van der Waals surface area contributed by atoms with E-state index in [4.69, 9.17) is 0 Å². The van der Waals surface area contributed by atoms with Crippen molar-refractivity contribution in [2.24, 2.45) is 11.8 Å². The normalized spacial score (nSPS) is 23.7. The predicted molar refractivity (Wildman–Crippen MR) is 131 cm³/mol. The lowest BCUT2D eigenvalue weighted by molar-refractivity contribution is -0.917. The van der Waals surface area contributed by atoms with Crippen LogP contribution in [0.15, 0.2) is 72.8 Å². The second-order valence-electron chi connectivity index (χ2n) is 10.0. The molecular weight excluding hydrogens is 424 g/mol. The highest BCUT2D eigenvalue weighted by atomic mass is 16.2. The van der Waals surface area contributed by atoms with Crippen molar-refractivity contribution in [2.75, 3.05) is 52.4 Å². The number of benzene rings is 2. The van der Waals surface area contributed by atoms with Crippen LogP contribution in [0.2, 0.25) is 0 Å². The molecule has 2 N–H and O–H groups in total. The summed E-state index contributed by atoms with van der Waals surface area (Å²) in [5, 5.41) is 0. The van der Waals surface area contributed by atoms with E-state index in [1.165, 1.54) is 20.9 Å². The number of hydrogen-bond donors (Lipinski definition) is 2.